The summed E-state index contributed by atoms with van der Waals surface area (Å²) in [5.41, 5.74) is 1.59. The van der Waals surface area contributed by atoms with Crippen LogP contribution in [0.4, 0.5) is 8.78 Å². The quantitative estimate of drug-likeness (QED) is 0.152. The van der Waals surface area contributed by atoms with Crippen molar-refractivity contribution < 1.29 is 8.78 Å². The number of rotatable bonds is 7. The highest BCUT2D eigenvalue weighted by Crippen LogP contribution is 2.35. The number of thiophene rings is 2. The molecule has 0 aliphatic carbocycles. The van der Waals surface area contributed by atoms with E-state index in [9.17, 15) is 13.6 Å². The van der Waals surface area contributed by atoms with Crippen LogP contribution in [0.25, 0.3) is 31.7 Å². The number of imidazole rings is 1. The normalized spacial score (nSPS) is 11.7. The number of hydrogen-bond donors (Lipinski definition) is 0. The first kappa shape index (κ1) is 21.0. The van der Waals surface area contributed by atoms with Crippen molar-refractivity contribution in [1.29, 1.82) is 0 Å². The summed E-state index contributed by atoms with van der Waals surface area (Å²) < 4.78 is 30.0. The summed E-state index contributed by atoms with van der Waals surface area (Å²) in [6, 6.07) is 10.7. The highest BCUT2D eigenvalue weighted by Gasteiger charge is 2.21. The van der Waals surface area contributed by atoms with Gasteiger partial charge in [0.2, 0.25) is 0 Å². The summed E-state index contributed by atoms with van der Waals surface area (Å²) in [5.74, 6) is 0.383. The van der Waals surface area contributed by atoms with Gasteiger partial charge in [0.15, 0.2) is 5.16 Å². The van der Waals surface area contributed by atoms with E-state index in [1.54, 1.807) is 46.2 Å². The fourth-order valence-corrected chi connectivity index (χ4v) is 6.30. The summed E-state index contributed by atoms with van der Waals surface area (Å²) in [6.45, 7) is 1.31. The molecule has 0 amide bonds. The number of para-hydroxylation sites is 2. The molecular weight excluding hydrogens is 470 g/mol. The maximum Gasteiger partial charge on any atom is 0.320 e. The van der Waals surface area contributed by atoms with Crippen molar-refractivity contribution in [2.75, 3.05) is 0 Å². The third-order valence-electron chi connectivity index (χ3n) is 4.95. The highest BCUT2D eigenvalue weighted by molar-refractivity contribution is 7.98. The van der Waals surface area contributed by atoms with E-state index in [0.717, 1.165) is 15.0 Å². The number of alkyl halides is 2. The lowest BCUT2D eigenvalue weighted by Crippen LogP contribution is -2.22. The van der Waals surface area contributed by atoms with Crippen LogP contribution < -0.4 is 5.56 Å². The molecular formula is C22H16F2N4OS3. The molecule has 0 aliphatic rings. The summed E-state index contributed by atoms with van der Waals surface area (Å²) in [7, 11) is 0. The van der Waals surface area contributed by atoms with Crippen molar-refractivity contribution in [3.05, 3.63) is 76.0 Å². The van der Waals surface area contributed by atoms with Crippen LogP contribution in [0.15, 0.2) is 69.8 Å². The summed E-state index contributed by atoms with van der Waals surface area (Å²) in [5, 5.41) is 4.93. The number of nitrogens with zero attached hydrogens (tertiary/aromatic N) is 4. The lowest BCUT2D eigenvalue weighted by atomic mass is 10.2. The Kier molecular flexibility index (Phi) is 5.66. The van der Waals surface area contributed by atoms with Crippen LogP contribution in [0.1, 0.15) is 12.4 Å². The first-order valence-electron chi connectivity index (χ1n) is 9.62. The molecule has 1 aromatic carbocycles. The molecule has 0 saturated carbocycles. The van der Waals surface area contributed by atoms with E-state index in [1.165, 1.54) is 23.1 Å². The van der Waals surface area contributed by atoms with Gasteiger partial charge in [-0.15, -0.1) is 29.3 Å². The first-order chi connectivity index (χ1) is 15.6. The molecule has 5 aromatic rings. The number of allylic oxidation sites excluding steroid dienone is 1. The Labute approximate surface area is 193 Å². The zero-order valence-electron chi connectivity index (χ0n) is 16.6. The summed E-state index contributed by atoms with van der Waals surface area (Å²) >= 11 is 4.19. The Morgan fingerprint density at radius 1 is 1.16 bits per heavy atom. The predicted octanol–water partition coefficient (Wildman–Crippen LogP) is 6.41. The van der Waals surface area contributed by atoms with Crippen LogP contribution in [0.2, 0.25) is 0 Å². The van der Waals surface area contributed by atoms with Crippen molar-refractivity contribution in [3.8, 4) is 10.4 Å². The highest BCUT2D eigenvalue weighted by atomic mass is 32.2. The Morgan fingerprint density at radius 2 is 2.00 bits per heavy atom. The van der Waals surface area contributed by atoms with Gasteiger partial charge in [0.05, 0.1) is 22.2 Å². The van der Waals surface area contributed by atoms with Crippen LogP contribution in [0.3, 0.4) is 0 Å². The van der Waals surface area contributed by atoms with Gasteiger partial charge in [-0.1, -0.05) is 36.0 Å². The fourth-order valence-electron chi connectivity index (χ4n) is 3.56. The molecule has 4 aromatic heterocycles. The Balaban J connectivity index is 1.57. The second-order valence-electron chi connectivity index (χ2n) is 6.86. The molecule has 0 N–H and O–H groups in total. The van der Waals surface area contributed by atoms with E-state index in [-0.39, 0.29) is 23.7 Å². The van der Waals surface area contributed by atoms with Gasteiger partial charge in [-0.3, -0.25) is 13.9 Å². The second-order valence-corrected chi connectivity index (χ2v) is 9.61. The molecule has 0 aliphatic heterocycles. The summed E-state index contributed by atoms with van der Waals surface area (Å²) in [4.78, 5) is 24.1. The van der Waals surface area contributed by atoms with Gasteiger partial charge in [0, 0.05) is 22.4 Å². The molecule has 0 fully saturated rings. The van der Waals surface area contributed by atoms with E-state index in [2.05, 4.69) is 11.6 Å². The number of hydrogen-bond acceptors (Lipinski definition) is 6. The van der Waals surface area contributed by atoms with Gasteiger partial charge in [0.1, 0.15) is 10.7 Å². The molecule has 0 saturated heterocycles. The molecule has 4 heterocycles. The zero-order chi connectivity index (χ0) is 22.2. The van der Waals surface area contributed by atoms with Crippen molar-refractivity contribution in [1.82, 2.24) is 19.1 Å². The van der Waals surface area contributed by atoms with Gasteiger partial charge < -0.3 is 0 Å². The van der Waals surface area contributed by atoms with Gasteiger partial charge in [-0.25, -0.2) is 9.97 Å². The fraction of sp³-hybridized carbons (Fsp3) is 0.136. The average Bonchev–Trinajstić information content (AvgIpc) is 3.52. The third-order valence-corrected chi connectivity index (χ3v) is 7.70. The van der Waals surface area contributed by atoms with Crippen LogP contribution in [-0.2, 0) is 12.3 Å². The molecule has 0 radical (unpaired) electrons. The van der Waals surface area contributed by atoms with Crippen molar-refractivity contribution in [3.63, 3.8) is 0 Å². The number of halogens is 2. The predicted molar refractivity (Wildman–Crippen MR) is 128 cm³/mol. The number of aromatic nitrogens is 4. The monoisotopic (exact) mass is 486 g/mol. The lowest BCUT2D eigenvalue weighted by molar-refractivity contribution is 0.0722. The first-order valence-corrected chi connectivity index (χ1v) is 12.4. The van der Waals surface area contributed by atoms with Crippen LogP contribution >= 0.6 is 34.4 Å². The lowest BCUT2D eigenvalue weighted by Gasteiger charge is -2.11. The molecule has 5 rings (SSSR count). The standard InChI is InChI=1S/C22H16F2N4OS3/c1-2-9-27-20(29)18-13(16-8-5-10-30-16)11-31-19(18)26-22(27)32-12-17-25-14-6-3-4-7-15(14)28(17)21(23)24/h2-8,10-11,21H,1,9,12H2. The minimum absolute atomic E-state index is 0.150. The minimum atomic E-state index is -2.71. The number of fused-ring (bicyclic) bond motifs is 2. The van der Waals surface area contributed by atoms with E-state index in [4.69, 9.17) is 4.98 Å². The maximum absolute atomic E-state index is 13.8. The van der Waals surface area contributed by atoms with E-state index in [0.29, 0.717) is 26.4 Å². The van der Waals surface area contributed by atoms with Crippen molar-refractivity contribution >= 4 is 55.7 Å². The largest absolute Gasteiger partial charge is 0.320 e. The number of thioether (sulfide) groups is 1. The average molecular weight is 487 g/mol. The van der Waals surface area contributed by atoms with Crippen molar-refractivity contribution in [2.45, 2.75) is 24.0 Å². The molecule has 0 unspecified atom stereocenters. The van der Waals surface area contributed by atoms with Crippen molar-refractivity contribution in [2.24, 2.45) is 0 Å². The van der Waals surface area contributed by atoms with E-state index in [1.807, 2.05) is 22.9 Å². The molecule has 162 valence electrons. The molecule has 0 bridgehead atoms. The Hall–Kier alpha value is -2.82. The minimum Gasteiger partial charge on any atom is -0.283 e. The third kappa shape index (κ3) is 3.58. The van der Waals surface area contributed by atoms with Crippen LogP contribution in [-0.4, -0.2) is 19.1 Å². The smallest absolute Gasteiger partial charge is 0.283 e. The van der Waals surface area contributed by atoms with Crippen LogP contribution in [0.5, 0.6) is 0 Å². The topological polar surface area (TPSA) is 52.7 Å². The van der Waals surface area contributed by atoms with Gasteiger partial charge in [0.25, 0.3) is 5.56 Å². The second kappa shape index (κ2) is 8.61. The zero-order valence-corrected chi connectivity index (χ0v) is 19.0. The van der Waals surface area contributed by atoms with E-state index >= 15 is 0 Å². The SMILES string of the molecule is C=CCn1c(SCc2nc3ccccc3n2C(F)F)nc2scc(-c3cccs3)c2c1=O. The molecule has 32 heavy (non-hydrogen) atoms. The molecule has 0 spiro atoms. The molecule has 5 nitrogen and oxygen atoms in total. The number of benzene rings is 1. The Bertz CT molecular complexity index is 1480. The van der Waals surface area contributed by atoms with Crippen LogP contribution in [0, 0.1) is 0 Å². The van der Waals surface area contributed by atoms with Gasteiger partial charge >= 0.3 is 6.55 Å². The van der Waals surface area contributed by atoms with E-state index < -0.39 is 6.55 Å². The molecule has 10 heteroatoms. The van der Waals surface area contributed by atoms with Gasteiger partial charge in [-0.2, -0.15) is 8.78 Å². The summed E-state index contributed by atoms with van der Waals surface area (Å²) in [6.07, 6.45) is 1.63. The van der Waals surface area contributed by atoms with Gasteiger partial charge in [-0.05, 0) is 23.6 Å². The maximum atomic E-state index is 13.8. The molecule has 0 atom stereocenters. The Morgan fingerprint density at radius 3 is 2.75 bits per heavy atom.